The molecule has 0 bridgehead atoms. The number of aromatic nitrogens is 1. The molecule has 3 aliphatic heterocycles. The Morgan fingerprint density at radius 2 is 0.987 bits per heavy atom. The van der Waals surface area contributed by atoms with E-state index in [2.05, 4.69) is 278 Å². The van der Waals surface area contributed by atoms with Crippen LogP contribution < -0.4 is 31.3 Å². The molecule has 0 radical (unpaired) electrons. The van der Waals surface area contributed by atoms with E-state index in [1.807, 2.05) is 11.3 Å². The van der Waals surface area contributed by atoms with E-state index in [0.717, 1.165) is 56.4 Å². The Morgan fingerprint density at radius 1 is 0.418 bits per heavy atom. The fourth-order valence-electron chi connectivity index (χ4n) is 13.2. The van der Waals surface area contributed by atoms with Crippen LogP contribution in [-0.2, 0) is 21.7 Å². The van der Waals surface area contributed by atoms with Gasteiger partial charge in [0, 0.05) is 64.8 Å². The lowest BCUT2D eigenvalue weighted by molar-refractivity contribution is 0.589. The third-order valence-corrected chi connectivity index (χ3v) is 18.5. The van der Waals surface area contributed by atoms with E-state index in [-0.39, 0.29) is 28.4 Å². The molecule has 0 unspecified atom stereocenters. The predicted octanol–water partition coefficient (Wildman–Crippen LogP) is 19.0. The van der Waals surface area contributed by atoms with Gasteiger partial charge in [-0.2, -0.15) is 0 Å². The van der Waals surface area contributed by atoms with E-state index in [0.29, 0.717) is 0 Å². The molecule has 0 N–H and O–H groups in total. The SMILES string of the molecule is CC(C)(C)c1cc2c3c(c1)-n1c4ccc(C(C)(C)C)cc4c4cc(C(C)(C)C)cc(c41)N3c1cc(N(c3ccccc3)c3ccccc3)cc3c1B2c1oc2ccc(C(C)(C)C)cc2c1N3c1ccc2c(c1)sc1ccccc12. The first-order chi connectivity index (χ1) is 37.7. The summed E-state index contributed by atoms with van der Waals surface area (Å²) < 4.78 is 12.8. The molecule has 0 spiro atoms. The maximum Gasteiger partial charge on any atom is 0.297 e. The Balaban J connectivity index is 1.15. The number of nitrogens with zero attached hydrogens (tertiary/aromatic N) is 4. The summed E-state index contributed by atoms with van der Waals surface area (Å²) in [7, 11) is 0. The number of hydrogen-bond donors (Lipinski definition) is 0. The lowest BCUT2D eigenvalue weighted by Crippen LogP contribution is -2.61. The van der Waals surface area contributed by atoms with Gasteiger partial charge in [-0.3, -0.25) is 0 Å². The van der Waals surface area contributed by atoms with Gasteiger partial charge in [-0.25, -0.2) is 0 Å². The second-order valence-electron chi connectivity index (χ2n) is 26.7. The summed E-state index contributed by atoms with van der Waals surface area (Å²) in [6.45, 7) is 27.9. The van der Waals surface area contributed by atoms with Crippen molar-refractivity contribution in [3.8, 4) is 5.69 Å². The van der Waals surface area contributed by atoms with Crippen molar-refractivity contribution in [1.29, 1.82) is 0 Å². The van der Waals surface area contributed by atoms with Crippen molar-refractivity contribution in [3.05, 3.63) is 198 Å². The van der Waals surface area contributed by atoms with Crippen LogP contribution in [0.3, 0.4) is 0 Å². The Kier molecular flexibility index (Phi) is 9.94. The largest absolute Gasteiger partial charge is 0.468 e. The first kappa shape index (κ1) is 48.2. The molecule has 15 rings (SSSR count). The van der Waals surface area contributed by atoms with Crippen LogP contribution in [0.1, 0.15) is 105 Å². The molecule has 3 aliphatic rings. The molecule has 0 saturated heterocycles. The van der Waals surface area contributed by atoms with Gasteiger partial charge in [0.1, 0.15) is 5.58 Å². The Morgan fingerprint density at radius 3 is 1.66 bits per heavy atom. The van der Waals surface area contributed by atoms with E-state index in [1.165, 1.54) is 92.2 Å². The summed E-state index contributed by atoms with van der Waals surface area (Å²) in [4.78, 5) is 7.72. The Bertz CT molecular complexity index is 4510. The van der Waals surface area contributed by atoms with E-state index in [9.17, 15) is 0 Å². The van der Waals surface area contributed by atoms with Gasteiger partial charge in [-0.05, 0) is 152 Å². The predicted molar refractivity (Wildman–Crippen MR) is 341 cm³/mol. The molecule has 5 nitrogen and oxygen atoms in total. The molecule has 6 heterocycles. The van der Waals surface area contributed by atoms with Crippen molar-refractivity contribution >= 4 is 139 Å². The lowest BCUT2D eigenvalue weighted by Gasteiger charge is -2.46. The van der Waals surface area contributed by atoms with Crippen LogP contribution in [-0.4, -0.2) is 11.3 Å². The summed E-state index contributed by atoms with van der Waals surface area (Å²) in [5.41, 5.74) is 23.0. The second kappa shape index (κ2) is 16.3. The highest BCUT2D eigenvalue weighted by Gasteiger charge is 2.50. The van der Waals surface area contributed by atoms with Gasteiger partial charge in [0.2, 0.25) is 0 Å². The zero-order valence-corrected chi connectivity index (χ0v) is 48.2. The molecule has 7 heteroatoms. The van der Waals surface area contributed by atoms with Crippen LogP contribution in [0.5, 0.6) is 0 Å². The number of fused-ring (bicyclic) bond motifs is 14. The molecular formula is C72H65BN4OS. The van der Waals surface area contributed by atoms with Gasteiger partial charge in [-0.15, -0.1) is 11.3 Å². The van der Waals surface area contributed by atoms with Crippen LogP contribution >= 0.6 is 11.3 Å². The smallest absolute Gasteiger partial charge is 0.297 e. The zero-order chi connectivity index (χ0) is 54.4. The van der Waals surface area contributed by atoms with Crippen LogP contribution in [0, 0.1) is 0 Å². The average Bonchev–Trinajstić information content (AvgIpc) is 2.70. The number of anilines is 9. The van der Waals surface area contributed by atoms with Gasteiger partial charge in [-0.1, -0.05) is 162 Å². The highest BCUT2D eigenvalue weighted by Crippen LogP contribution is 2.57. The summed E-state index contributed by atoms with van der Waals surface area (Å²) >= 11 is 1.87. The number of furan rings is 1. The van der Waals surface area contributed by atoms with E-state index < -0.39 is 0 Å². The molecule has 0 amide bonds. The number of hydrogen-bond acceptors (Lipinski definition) is 5. The van der Waals surface area contributed by atoms with Gasteiger partial charge in [0.15, 0.2) is 0 Å². The molecule has 388 valence electrons. The monoisotopic (exact) mass is 1040 g/mol. The third kappa shape index (κ3) is 7.07. The van der Waals surface area contributed by atoms with Crippen molar-refractivity contribution in [2.24, 2.45) is 0 Å². The van der Waals surface area contributed by atoms with Gasteiger partial charge >= 0.3 is 0 Å². The molecule has 0 atom stereocenters. The highest BCUT2D eigenvalue weighted by atomic mass is 32.1. The first-order valence-corrected chi connectivity index (χ1v) is 29.0. The van der Waals surface area contributed by atoms with E-state index in [1.54, 1.807) is 0 Å². The molecule has 9 aromatic carbocycles. The number of thiophene rings is 1. The molecule has 0 aliphatic carbocycles. The first-order valence-electron chi connectivity index (χ1n) is 28.2. The molecule has 3 aromatic heterocycles. The lowest BCUT2D eigenvalue weighted by atomic mass is 9.35. The Hall–Kier alpha value is -8.00. The topological polar surface area (TPSA) is 27.8 Å². The highest BCUT2D eigenvalue weighted by molar-refractivity contribution is 7.25. The fraction of sp³-hybridized carbons (Fsp3) is 0.222. The van der Waals surface area contributed by atoms with Crippen molar-refractivity contribution in [2.45, 2.75) is 105 Å². The van der Waals surface area contributed by atoms with Crippen molar-refractivity contribution < 1.29 is 4.42 Å². The third-order valence-electron chi connectivity index (χ3n) is 17.4. The van der Waals surface area contributed by atoms with E-state index in [4.69, 9.17) is 4.42 Å². The van der Waals surface area contributed by atoms with Crippen LogP contribution in [0.4, 0.5) is 51.2 Å². The normalized spacial score (nSPS) is 14.0. The quantitative estimate of drug-likeness (QED) is 0.164. The maximum absolute atomic E-state index is 7.64. The molecule has 12 aromatic rings. The van der Waals surface area contributed by atoms with Crippen molar-refractivity contribution in [3.63, 3.8) is 0 Å². The van der Waals surface area contributed by atoms with Gasteiger partial charge < -0.3 is 23.7 Å². The van der Waals surface area contributed by atoms with Gasteiger partial charge in [0.05, 0.1) is 45.1 Å². The minimum absolute atomic E-state index is 0.0321. The molecule has 0 saturated carbocycles. The van der Waals surface area contributed by atoms with Crippen molar-refractivity contribution in [1.82, 2.24) is 4.57 Å². The van der Waals surface area contributed by atoms with Gasteiger partial charge in [0.25, 0.3) is 6.71 Å². The summed E-state index contributed by atoms with van der Waals surface area (Å²) in [5, 5.41) is 6.26. The second-order valence-corrected chi connectivity index (χ2v) is 27.8. The number of benzene rings is 9. The molecule has 79 heavy (non-hydrogen) atoms. The molecule has 0 fully saturated rings. The maximum atomic E-state index is 7.64. The number of para-hydroxylation sites is 2. The van der Waals surface area contributed by atoms with Crippen LogP contribution in [0.2, 0.25) is 0 Å². The average molecular weight is 1050 g/mol. The molecular weight excluding hydrogens is 980 g/mol. The standard InChI is InChI=1S/C72H65BN4OS/c1-69(2,3)42-27-31-56-52(33-42)53-35-44(71(7,8)9)37-59-65(53)76(56)60-38-45(72(10,11)12)36-55-67(60)77(59)58-40-49(74(46-21-15-13-16-22-46)47-23-17-14-18-24-47)39-57-64(58)73(55)68-66(54-34-43(70(4,5)6)28-32-61(54)78-68)75(57)48-29-30-51-50-25-19-20-26-62(50)79-63(51)41-48/h13-41H,1-12H3. The fourth-order valence-corrected chi connectivity index (χ4v) is 14.3. The summed E-state index contributed by atoms with van der Waals surface area (Å²) in [6.07, 6.45) is 0. The Labute approximate surface area is 468 Å². The minimum Gasteiger partial charge on any atom is -0.468 e. The zero-order valence-electron chi connectivity index (χ0n) is 47.4. The van der Waals surface area contributed by atoms with Crippen molar-refractivity contribution in [2.75, 3.05) is 14.7 Å². The minimum atomic E-state index is -0.254. The van der Waals surface area contributed by atoms with Crippen LogP contribution in [0.15, 0.2) is 180 Å². The summed E-state index contributed by atoms with van der Waals surface area (Å²) in [5.74, 6) is 0. The van der Waals surface area contributed by atoms with E-state index >= 15 is 0 Å². The summed E-state index contributed by atoms with van der Waals surface area (Å²) in [6, 6.07) is 67.1. The number of rotatable bonds is 4. The van der Waals surface area contributed by atoms with Crippen LogP contribution in [0.25, 0.3) is 58.6 Å².